The van der Waals surface area contributed by atoms with Crippen LogP contribution in [0, 0.1) is 0 Å². The number of nitrogens with zero attached hydrogens (tertiary/aromatic N) is 3. The van der Waals surface area contributed by atoms with E-state index in [2.05, 4.69) is 28.6 Å². The molecule has 27 heavy (non-hydrogen) atoms. The van der Waals surface area contributed by atoms with Gasteiger partial charge in [0.1, 0.15) is 0 Å². The summed E-state index contributed by atoms with van der Waals surface area (Å²) in [6.45, 7) is 6.91. The van der Waals surface area contributed by atoms with E-state index in [9.17, 15) is 4.79 Å². The van der Waals surface area contributed by atoms with Crippen LogP contribution in [0.2, 0.25) is 0 Å². The standard InChI is InChI=1S/C20H27N5O.HI/c1-3-19(26)25-12-10-16(14-25)24-20(21-4-2)23-13-15-9-11-22-18-8-6-5-7-17(15)18;/h5-9,11,16H,3-4,10,12-14H2,1-2H3,(H2,21,23,24);1H. The van der Waals surface area contributed by atoms with Gasteiger partial charge >= 0.3 is 0 Å². The molecule has 1 amide bonds. The predicted molar refractivity (Wildman–Crippen MR) is 120 cm³/mol. The van der Waals surface area contributed by atoms with E-state index in [1.165, 1.54) is 0 Å². The van der Waals surface area contributed by atoms with Gasteiger partial charge in [-0.3, -0.25) is 9.78 Å². The highest BCUT2D eigenvalue weighted by atomic mass is 127. The van der Waals surface area contributed by atoms with Crippen molar-refractivity contribution in [2.24, 2.45) is 4.99 Å². The molecule has 0 aliphatic carbocycles. The van der Waals surface area contributed by atoms with Crippen LogP contribution in [0.5, 0.6) is 0 Å². The molecule has 0 radical (unpaired) electrons. The third kappa shape index (κ3) is 5.54. The second kappa shape index (κ2) is 10.4. The third-order valence-electron chi connectivity index (χ3n) is 4.68. The molecule has 0 bridgehead atoms. The molecule has 3 rings (SSSR count). The Morgan fingerprint density at radius 3 is 2.89 bits per heavy atom. The van der Waals surface area contributed by atoms with E-state index in [1.807, 2.05) is 42.3 Å². The first-order valence-corrected chi connectivity index (χ1v) is 9.36. The summed E-state index contributed by atoms with van der Waals surface area (Å²) in [5, 5.41) is 7.91. The number of fused-ring (bicyclic) bond motifs is 1. The summed E-state index contributed by atoms with van der Waals surface area (Å²) < 4.78 is 0. The zero-order chi connectivity index (χ0) is 18.4. The number of para-hydroxylation sites is 1. The van der Waals surface area contributed by atoms with Gasteiger partial charge in [-0.25, -0.2) is 4.99 Å². The van der Waals surface area contributed by atoms with E-state index in [1.54, 1.807) is 0 Å². The van der Waals surface area contributed by atoms with Crippen molar-refractivity contribution in [1.29, 1.82) is 0 Å². The number of carbonyl (C=O) groups excluding carboxylic acids is 1. The molecule has 1 aromatic heterocycles. The maximum absolute atomic E-state index is 11.9. The summed E-state index contributed by atoms with van der Waals surface area (Å²) in [6.07, 6.45) is 3.35. The largest absolute Gasteiger partial charge is 0.357 e. The van der Waals surface area contributed by atoms with E-state index < -0.39 is 0 Å². The lowest BCUT2D eigenvalue weighted by molar-refractivity contribution is -0.129. The van der Waals surface area contributed by atoms with Crippen LogP contribution in [-0.4, -0.2) is 47.4 Å². The number of carbonyl (C=O) groups is 1. The maximum atomic E-state index is 11.9. The van der Waals surface area contributed by atoms with Gasteiger partial charge in [-0.1, -0.05) is 25.1 Å². The average molecular weight is 481 g/mol. The predicted octanol–water partition coefficient (Wildman–Crippen LogP) is 2.92. The van der Waals surface area contributed by atoms with Gasteiger partial charge in [0.2, 0.25) is 5.91 Å². The minimum absolute atomic E-state index is 0. The highest BCUT2D eigenvalue weighted by Gasteiger charge is 2.25. The van der Waals surface area contributed by atoms with E-state index in [0.29, 0.717) is 13.0 Å². The van der Waals surface area contributed by atoms with E-state index in [0.717, 1.165) is 48.5 Å². The molecule has 0 spiro atoms. The van der Waals surface area contributed by atoms with Crippen molar-refractivity contribution in [3.8, 4) is 0 Å². The lowest BCUT2D eigenvalue weighted by Crippen LogP contribution is -2.45. The van der Waals surface area contributed by atoms with Gasteiger partial charge in [-0.2, -0.15) is 0 Å². The number of pyridine rings is 1. The van der Waals surface area contributed by atoms with Crippen molar-refractivity contribution in [2.45, 2.75) is 39.3 Å². The van der Waals surface area contributed by atoms with Crippen molar-refractivity contribution in [3.05, 3.63) is 42.1 Å². The molecule has 0 saturated carbocycles. The Labute approximate surface area is 177 Å². The molecule has 2 aromatic rings. The Kier molecular flexibility index (Phi) is 8.27. The van der Waals surface area contributed by atoms with Crippen LogP contribution < -0.4 is 10.6 Å². The van der Waals surface area contributed by atoms with Crippen molar-refractivity contribution < 1.29 is 4.79 Å². The van der Waals surface area contributed by atoms with Crippen molar-refractivity contribution in [1.82, 2.24) is 20.5 Å². The van der Waals surface area contributed by atoms with Crippen molar-refractivity contribution in [2.75, 3.05) is 19.6 Å². The zero-order valence-electron chi connectivity index (χ0n) is 15.9. The number of benzene rings is 1. The maximum Gasteiger partial charge on any atom is 0.222 e. The second-order valence-electron chi connectivity index (χ2n) is 6.51. The van der Waals surface area contributed by atoms with Crippen LogP contribution in [0.25, 0.3) is 10.9 Å². The second-order valence-corrected chi connectivity index (χ2v) is 6.51. The Bertz CT molecular complexity index is 790. The molecule has 146 valence electrons. The molecular weight excluding hydrogens is 453 g/mol. The van der Waals surface area contributed by atoms with Crippen LogP contribution in [0.15, 0.2) is 41.5 Å². The summed E-state index contributed by atoms with van der Waals surface area (Å²) >= 11 is 0. The van der Waals surface area contributed by atoms with Crippen LogP contribution in [-0.2, 0) is 11.3 Å². The number of amides is 1. The molecule has 1 aromatic carbocycles. The molecule has 1 aliphatic heterocycles. The zero-order valence-corrected chi connectivity index (χ0v) is 18.3. The van der Waals surface area contributed by atoms with Crippen LogP contribution in [0.1, 0.15) is 32.3 Å². The van der Waals surface area contributed by atoms with Gasteiger partial charge in [-0.15, -0.1) is 24.0 Å². The van der Waals surface area contributed by atoms with Crippen LogP contribution >= 0.6 is 24.0 Å². The van der Waals surface area contributed by atoms with Gasteiger partial charge in [0.05, 0.1) is 12.1 Å². The SMILES string of the molecule is CCNC(=NCc1ccnc2ccccc12)NC1CCN(C(=O)CC)C1.I. The number of hydrogen-bond donors (Lipinski definition) is 2. The fourth-order valence-electron chi connectivity index (χ4n) is 3.30. The molecule has 2 N–H and O–H groups in total. The molecule has 7 heteroatoms. The number of nitrogens with one attached hydrogen (secondary N) is 2. The molecule has 1 saturated heterocycles. The minimum Gasteiger partial charge on any atom is -0.357 e. The summed E-state index contributed by atoms with van der Waals surface area (Å²) in [7, 11) is 0. The topological polar surface area (TPSA) is 69.6 Å². The number of aliphatic imine (C=N–C) groups is 1. The van der Waals surface area contributed by atoms with E-state index in [-0.39, 0.29) is 35.9 Å². The van der Waals surface area contributed by atoms with Gasteiger partial charge < -0.3 is 15.5 Å². The number of rotatable bonds is 5. The summed E-state index contributed by atoms with van der Waals surface area (Å²) in [6, 6.07) is 10.4. The highest BCUT2D eigenvalue weighted by molar-refractivity contribution is 14.0. The fourth-order valence-corrected chi connectivity index (χ4v) is 3.30. The number of hydrogen-bond acceptors (Lipinski definition) is 3. The Morgan fingerprint density at radius 2 is 2.11 bits per heavy atom. The Balaban J connectivity index is 0.00000261. The summed E-state index contributed by atoms with van der Waals surface area (Å²) in [5.41, 5.74) is 2.14. The normalized spacial score (nSPS) is 16.9. The number of halogens is 1. The third-order valence-corrected chi connectivity index (χ3v) is 4.68. The van der Waals surface area contributed by atoms with Crippen LogP contribution in [0.4, 0.5) is 0 Å². The molecule has 1 unspecified atom stereocenters. The number of aromatic nitrogens is 1. The number of likely N-dealkylation sites (tertiary alicyclic amines) is 1. The first-order valence-electron chi connectivity index (χ1n) is 9.36. The minimum atomic E-state index is 0. The molecule has 1 atom stereocenters. The molecule has 6 nitrogen and oxygen atoms in total. The first-order chi connectivity index (χ1) is 12.7. The smallest absolute Gasteiger partial charge is 0.222 e. The van der Waals surface area contributed by atoms with E-state index in [4.69, 9.17) is 4.99 Å². The lowest BCUT2D eigenvalue weighted by Gasteiger charge is -2.18. The van der Waals surface area contributed by atoms with Gasteiger partial charge in [-0.05, 0) is 31.0 Å². The van der Waals surface area contributed by atoms with Crippen molar-refractivity contribution >= 4 is 46.7 Å². The average Bonchev–Trinajstić information content (AvgIpc) is 3.14. The lowest BCUT2D eigenvalue weighted by atomic mass is 10.1. The fraction of sp³-hybridized carbons (Fsp3) is 0.450. The number of guanidine groups is 1. The monoisotopic (exact) mass is 481 g/mol. The van der Waals surface area contributed by atoms with Crippen LogP contribution in [0.3, 0.4) is 0 Å². The molecular formula is C20H28IN5O. The quantitative estimate of drug-likeness (QED) is 0.392. The Morgan fingerprint density at radius 1 is 1.30 bits per heavy atom. The highest BCUT2D eigenvalue weighted by Crippen LogP contribution is 2.17. The first kappa shape index (κ1) is 21.4. The molecule has 2 heterocycles. The van der Waals surface area contributed by atoms with Gasteiger partial charge in [0.25, 0.3) is 0 Å². The summed E-state index contributed by atoms with van der Waals surface area (Å²) in [4.78, 5) is 22.9. The van der Waals surface area contributed by atoms with E-state index >= 15 is 0 Å². The molecule has 1 fully saturated rings. The summed E-state index contributed by atoms with van der Waals surface area (Å²) in [5.74, 6) is 1.02. The molecule has 1 aliphatic rings. The van der Waals surface area contributed by atoms with Crippen molar-refractivity contribution in [3.63, 3.8) is 0 Å². The van der Waals surface area contributed by atoms with Gasteiger partial charge in [0.15, 0.2) is 5.96 Å². The Hall–Kier alpha value is -1.90. The van der Waals surface area contributed by atoms with Gasteiger partial charge in [0, 0.05) is 43.7 Å².